The number of aromatic nitrogens is 4. The van der Waals surface area contributed by atoms with Gasteiger partial charge in [-0.15, -0.1) is 0 Å². The van der Waals surface area contributed by atoms with Gasteiger partial charge in [0.05, 0.1) is 24.5 Å². The van der Waals surface area contributed by atoms with Gasteiger partial charge in [0, 0.05) is 23.2 Å². The van der Waals surface area contributed by atoms with Crippen LogP contribution in [0.2, 0.25) is 0 Å². The fraction of sp³-hybridized carbons (Fsp3) is 0.0870. The largest absolute Gasteiger partial charge is 0.497 e. The summed E-state index contributed by atoms with van der Waals surface area (Å²) in [6.07, 6.45) is 3.53. The van der Waals surface area contributed by atoms with Crippen LogP contribution in [0.5, 0.6) is 11.5 Å². The highest BCUT2D eigenvalue weighted by molar-refractivity contribution is 5.85. The molecule has 0 radical (unpaired) electrons. The number of methoxy groups -OCH3 is 1. The molecule has 5 rings (SSSR count). The summed E-state index contributed by atoms with van der Waals surface area (Å²) < 4.78 is 13.2. The lowest BCUT2D eigenvalue weighted by molar-refractivity contribution is 0.302. The molecule has 0 aliphatic rings. The molecule has 0 spiro atoms. The number of fused-ring (bicyclic) bond motifs is 2. The molecule has 0 saturated heterocycles. The first-order chi connectivity index (χ1) is 14.3. The van der Waals surface area contributed by atoms with E-state index < -0.39 is 0 Å². The van der Waals surface area contributed by atoms with E-state index in [1.807, 2.05) is 71.2 Å². The molecule has 6 nitrogen and oxygen atoms in total. The summed E-state index contributed by atoms with van der Waals surface area (Å²) in [7, 11) is 1.64. The van der Waals surface area contributed by atoms with E-state index >= 15 is 0 Å². The quantitative estimate of drug-likeness (QED) is 0.447. The third-order valence-corrected chi connectivity index (χ3v) is 4.79. The number of rotatable bonds is 5. The first-order valence-electron chi connectivity index (χ1n) is 9.26. The Morgan fingerprint density at radius 3 is 2.69 bits per heavy atom. The van der Waals surface area contributed by atoms with Crippen molar-refractivity contribution in [2.45, 2.75) is 6.61 Å². The van der Waals surface area contributed by atoms with Crippen molar-refractivity contribution in [3.8, 4) is 22.8 Å². The molecular weight excluding hydrogens is 364 g/mol. The topological polar surface area (TPSA) is 61.5 Å². The van der Waals surface area contributed by atoms with Gasteiger partial charge in [0.25, 0.3) is 0 Å². The zero-order valence-electron chi connectivity index (χ0n) is 15.8. The number of benzene rings is 2. The molecule has 0 atom stereocenters. The van der Waals surface area contributed by atoms with E-state index in [1.165, 1.54) is 0 Å². The van der Waals surface area contributed by atoms with Crippen molar-refractivity contribution < 1.29 is 9.47 Å². The van der Waals surface area contributed by atoms with Gasteiger partial charge in [-0.25, -0.2) is 9.50 Å². The van der Waals surface area contributed by atoms with Crippen molar-refractivity contribution in [1.82, 2.24) is 19.6 Å². The highest BCUT2D eigenvalue weighted by Gasteiger charge is 2.10. The van der Waals surface area contributed by atoms with Crippen molar-refractivity contribution in [3.63, 3.8) is 0 Å². The molecule has 0 unspecified atom stereocenters. The van der Waals surface area contributed by atoms with Crippen LogP contribution in [-0.4, -0.2) is 26.7 Å². The van der Waals surface area contributed by atoms with Gasteiger partial charge < -0.3 is 9.47 Å². The molecule has 0 aliphatic carbocycles. The Kier molecular flexibility index (Phi) is 4.29. The second-order valence-electron chi connectivity index (χ2n) is 6.58. The van der Waals surface area contributed by atoms with Gasteiger partial charge in [-0.05, 0) is 30.3 Å². The summed E-state index contributed by atoms with van der Waals surface area (Å²) in [6.45, 7) is 0.345. The average molecular weight is 382 g/mol. The molecule has 0 aliphatic heterocycles. The lowest BCUT2D eigenvalue weighted by atomic mass is 10.1. The van der Waals surface area contributed by atoms with Crippen molar-refractivity contribution in [2.24, 2.45) is 0 Å². The standard InChI is InChI=1S/C23H18N4O2/c1-28-18-7-8-19-21(13-18)24-12-11-22(19)29-15-17-14-25-23-10-9-20(26-27(17)23)16-5-3-2-4-6-16/h2-14H,15H2,1H3. The summed E-state index contributed by atoms with van der Waals surface area (Å²) in [6, 6.07) is 21.6. The third kappa shape index (κ3) is 3.25. The normalized spacial score (nSPS) is 11.1. The van der Waals surface area contributed by atoms with Crippen LogP contribution in [-0.2, 0) is 6.61 Å². The molecule has 0 saturated carbocycles. The molecular formula is C23H18N4O2. The Morgan fingerprint density at radius 1 is 0.931 bits per heavy atom. The maximum atomic E-state index is 6.11. The Bertz CT molecular complexity index is 1300. The van der Waals surface area contributed by atoms with Crippen LogP contribution in [0.3, 0.4) is 0 Å². The smallest absolute Gasteiger partial charge is 0.153 e. The molecule has 3 aromatic heterocycles. The second-order valence-corrected chi connectivity index (χ2v) is 6.58. The number of pyridine rings is 1. The summed E-state index contributed by atoms with van der Waals surface area (Å²) >= 11 is 0. The monoisotopic (exact) mass is 382 g/mol. The van der Waals surface area contributed by atoms with E-state index in [9.17, 15) is 0 Å². The van der Waals surface area contributed by atoms with Crippen LogP contribution in [0, 0.1) is 0 Å². The van der Waals surface area contributed by atoms with Crippen LogP contribution in [0.25, 0.3) is 27.8 Å². The molecule has 0 fully saturated rings. The summed E-state index contributed by atoms with van der Waals surface area (Å²) in [5.74, 6) is 1.52. The van der Waals surface area contributed by atoms with Gasteiger partial charge >= 0.3 is 0 Å². The van der Waals surface area contributed by atoms with Crippen molar-refractivity contribution in [1.29, 1.82) is 0 Å². The van der Waals surface area contributed by atoms with Gasteiger partial charge in [-0.2, -0.15) is 5.10 Å². The predicted molar refractivity (Wildman–Crippen MR) is 111 cm³/mol. The summed E-state index contributed by atoms with van der Waals surface area (Å²) in [5.41, 5.74) is 4.43. The van der Waals surface area contributed by atoms with Gasteiger partial charge in [-0.3, -0.25) is 4.98 Å². The molecule has 3 heterocycles. The van der Waals surface area contributed by atoms with Crippen LogP contribution in [0.15, 0.2) is 79.1 Å². The second kappa shape index (κ2) is 7.24. The van der Waals surface area contributed by atoms with Gasteiger partial charge in [0.2, 0.25) is 0 Å². The Balaban J connectivity index is 1.46. The lowest BCUT2D eigenvalue weighted by Crippen LogP contribution is -2.03. The van der Waals surface area contributed by atoms with Gasteiger partial charge in [0.1, 0.15) is 23.8 Å². The number of hydrogen-bond acceptors (Lipinski definition) is 5. The number of imidazole rings is 1. The van der Waals surface area contributed by atoms with E-state index in [1.54, 1.807) is 19.5 Å². The maximum Gasteiger partial charge on any atom is 0.153 e. The Labute approximate surface area is 167 Å². The van der Waals surface area contributed by atoms with Gasteiger partial charge in [-0.1, -0.05) is 30.3 Å². The van der Waals surface area contributed by atoms with E-state index in [0.29, 0.717) is 6.61 Å². The summed E-state index contributed by atoms with van der Waals surface area (Å²) in [5, 5.41) is 5.68. The Hall–Kier alpha value is -3.93. The van der Waals surface area contributed by atoms with E-state index in [0.717, 1.165) is 45.0 Å². The minimum Gasteiger partial charge on any atom is -0.497 e. The fourth-order valence-electron chi connectivity index (χ4n) is 3.29. The van der Waals surface area contributed by atoms with E-state index in [4.69, 9.17) is 14.6 Å². The molecule has 6 heteroatoms. The van der Waals surface area contributed by atoms with Crippen LogP contribution in [0.4, 0.5) is 0 Å². The van der Waals surface area contributed by atoms with Crippen LogP contribution < -0.4 is 9.47 Å². The molecule has 0 bridgehead atoms. The highest BCUT2D eigenvalue weighted by Crippen LogP contribution is 2.28. The molecule has 5 aromatic rings. The number of ether oxygens (including phenoxy) is 2. The zero-order chi connectivity index (χ0) is 19.6. The zero-order valence-corrected chi connectivity index (χ0v) is 15.8. The predicted octanol–water partition coefficient (Wildman–Crippen LogP) is 4.53. The maximum absolute atomic E-state index is 6.11. The minimum atomic E-state index is 0.345. The molecule has 2 aromatic carbocycles. The highest BCUT2D eigenvalue weighted by atomic mass is 16.5. The first kappa shape index (κ1) is 17.2. The molecule has 142 valence electrons. The average Bonchev–Trinajstić information content (AvgIpc) is 3.20. The minimum absolute atomic E-state index is 0.345. The Morgan fingerprint density at radius 2 is 1.83 bits per heavy atom. The first-order valence-corrected chi connectivity index (χ1v) is 9.26. The fourth-order valence-corrected chi connectivity index (χ4v) is 3.29. The van der Waals surface area contributed by atoms with Crippen LogP contribution >= 0.6 is 0 Å². The van der Waals surface area contributed by atoms with E-state index in [-0.39, 0.29) is 0 Å². The van der Waals surface area contributed by atoms with E-state index in [2.05, 4.69) is 9.97 Å². The molecule has 29 heavy (non-hydrogen) atoms. The van der Waals surface area contributed by atoms with Crippen molar-refractivity contribution >= 4 is 16.6 Å². The van der Waals surface area contributed by atoms with Crippen molar-refractivity contribution in [3.05, 3.63) is 84.8 Å². The SMILES string of the molecule is COc1ccc2c(OCc3cnc4ccc(-c5ccccc5)nn34)ccnc2c1. The molecule has 0 N–H and O–H groups in total. The summed E-state index contributed by atoms with van der Waals surface area (Å²) in [4.78, 5) is 8.84. The lowest BCUT2D eigenvalue weighted by Gasteiger charge is -2.10. The number of nitrogens with zero attached hydrogens (tertiary/aromatic N) is 4. The van der Waals surface area contributed by atoms with Gasteiger partial charge in [0.15, 0.2) is 5.65 Å². The van der Waals surface area contributed by atoms with Crippen molar-refractivity contribution in [2.75, 3.05) is 7.11 Å². The molecule has 0 amide bonds. The third-order valence-electron chi connectivity index (χ3n) is 4.79. The number of hydrogen-bond donors (Lipinski definition) is 0. The van der Waals surface area contributed by atoms with Crippen LogP contribution in [0.1, 0.15) is 5.69 Å².